The largest absolute Gasteiger partial charge is 0.350 e. The summed E-state index contributed by atoms with van der Waals surface area (Å²) in [6, 6.07) is 22.4. The van der Waals surface area contributed by atoms with Gasteiger partial charge in [0.25, 0.3) is 10.0 Å². The minimum Gasteiger partial charge on any atom is -0.350 e. The number of aryl methyl sites for hydroxylation is 2. The van der Waals surface area contributed by atoms with Gasteiger partial charge in [0.1, 0.15) is 12.6 Å². The zero-order valence-electron chi connectivity index (χ0n) is 24.3. The van der Waals surface area contributed by atoms with Gasteiger partial charge in [0.2, 0.25) is 11.8 Å². The first-order chi connectivity index (χ1) is 18.8. The van der Waals surface area contributed by atoms with Crippen molar-refractivity contribution >= 4 is 27.5 Å². The molecule has 40 heavy (non-hydrogen) atoms. The van der Waals surface area contributed by atoms with Crippen molar-refractivity contribution in [3.63, 3.8) is 0 Å². The van der Waals surface area contributed by atoms with Crippen LogP contribution >= 0.6 is 0 Å². The molecule has 0 aliphatic heterocycles. The molecular weight excluding hydrogens is 522 g/mol. The van der Waals surface area contributed by atoms with E-state index >= 15 is 0 Å². The normalized spacial score (nSPS) is 12.4. The van der Waals surface area contributed by atoms with E-state index in [0.29, 0.717) is 18.5 Å². The Labute approximate surface area is 239 Å². The van der Waals surface area contributed by atoms with Crippen molar-refractivity contribution in [2.45, 2.75) is 70.9 Å². The number of hydrogen-bond donors (Lipinski definition) is 1. The Balaban J connectivity index is 2.03. The van der Waals surface area contributed by atoms with Crippen LogP contribution in [0.4, 0.5) is 5.69 Å². The Morgan fingerprint density at radius 1 is 0.875 bits per heavy atom. The second kappa shape index (κ2) is 13.1. The topological polar surface area (TPSA) is 86.8 Å². The smallest absolute Gasteiger partial charge is 0.264 e. The molecule has 0 aromatic heterocycles. The van der Waals surface area contributed by atoms with E-state index in [9.17, 15) is 18.0 Å². The number of nitrogens with zero attached hydrogens (tertiary/aromatic N) is 2. The van der Waals surface area contributed by atoms with E-state index in [4.69, 9.17) is 0 Å². The van der Waals surface area contributed by atoms with Gasteiger partial charge in [-0.2, -0.15) is 0 Å². The zero-order chi connectivity index (χ0) is 29.5. The van der Waals surface area contributed by atoms with E-state index in [1.165, 1.54) is 17.0 Å². The second-order valence-corrected chi connectivity index (χ2v) is 12.9. The van der Waals surface area contributed by atoms with Gasteiger partial charge < -0.3 is 10.2 Å². The van der Waals surface area contributed by atoms with Crippen LogP contribution in [0.5, 0.6) is 0 Å². The number of carbonyl (C=O) groups excluding carboxylic acids is 2. The third-order valence-electron chi connectivity index (χ3n) is 6.76. The van der Waals surface area contributed by atoms with E-state index in [0.717, 1.165) is 21.0 Å². The minimum absolute atomic E-state index is 0.0920. The number of hydrogen-bond acceptors (Lipinski definition) is 4. The van der Waals surface area contributed by atoms with Crippen LogP contribution in [0, 0.1) is 13.8 Å². The molecule has 0 radical (unpaired) electrons. The summed E-state index contributed by atoms with van der Waals surface area (Å²) < 4.78 is 29.0. The number of amides is 2. The summed E-state index contributed by atoms with van der Waals surface area (Å²) in [5.41, 5.74) is 2.86. The lowest BCUT2D eigenvalue weighted by Crippen LogP contribution is -2.56. The predicted octanol–water partition coefficient (Wildman–Crippen LogP) is 5.26. The summed E-state index contributed by atoms with van der Waals surface area (Å²) in [5, 5.41) is 2.99. The quantitative estimate of drug-likeness (QED) is 0.345. The second-order valence-electron chi connectivity index (χ2n) is 11.1. The summed E-state index contributed by atoms with van der Waals surface area (Å²) in [6.45, 7) is 11.2. The van der Waals surface area contributed by atoms with Gasteiger partial charge in [0, 0.05) is 12.1 Å². The average Bonchev–Trinajstić information content (AvgIpc) is 2.91. The molecule has 1 N–H and O–H groups in total. The highest BCUT2D eigenvalue weighted by molar-refractivity contribution is 7.92. The number of carbonyl (C=O) groups is 2. The van der Waals surface area contributed by atoms with Crippen molar-refractivity contribution in [3.8, 4) is 0 Å². The van der Waals surface area contributed by atoms with Gasteiger partial charge in [0.05, 0.1) is 10.6 Å². The number of rotatable bonds is 11. The number of anilines is 1. The van der Waals surface area contributed by atoms with Gasteiger partial charge in [-0.15, -0.1) is 0 Å². The van der Waals surface area contributed by atoms with Crippen LogP contribution in [0.1, 0.15) is 50.8 Å². The van der Waals surface area contributed by atoms with Crippen LogP contribution in [0.3, 0.4) is 0 Å². The van der Waals surface area contributed by atoms with E-state index in [1.807, 2.05) is 77.9 Å². The molecule has 2 amide bonds. The molecule has 0 heterocycles. The molecule has 0 bridgehead atoms. The fraction of sp³-hybridized carbons (Fsp3) is 0.375. The van der Waals surface area contributed by atoms with Crippen LogP contribution in [0.15, 0.2) is 83.8 Å². The molecule has 0 saturated carbocycles. The maximum atomic E-state index is 14.1. The van der Waals surface area contributed by atoms with Crippen LogP contribution in [0.2, 0.25) is 0 Å². The van der Waals surface area contributed by atoms with Crippen LogP contribution in [0.25, 0.3) is 0 Å². The van der Waals surface area contributed by atoms with Crippen LogP contribution in [-0.2, 0) is 26.0 Å². The van der Waals surface area contributed by atoms with Gasteiger partial charge in [0.15, 0.2) is 0 Å². The van der Waals surface area contributed by atoms with Gasteiger partial charge in [-0.1, -0.05) is 61.5 Å². The lowest BCUT2D eigenvalue weighted by atomic mass is 10.1. The maximum Gasteiger partial charge on any atom is 0.264 e. The van der Waals surface area contributed by atoms with Crippen LogP contribution in [-0.4, -0.2) is 49.8 Å². The molecule has 3 aromatic carbocycles. The van der Waals surface area contributed by atoms with Gasteiger partial charge in [-0.25, -0.2) is 8.42 Å². The zero-order valence-corrected chi connectivity index (χ0v) is 25.2. The maximum absolute atomic E-state index is 14.1. The highest BCUT2D eigenvalue weighted by atomic mass is 32.2. The van der Waals surface area contributed by atoms with Crippen LogP contribution < -0.4 is 9.62 Å². The Kier molecular flexibility index (Phi) is 10.1. The fourth-order valence-electron chi connectivity index (χ4n) is 4.48. The molecular formula is C32H41N3O4S. The molecule has 214 valence electrons. The number of sulfonamides is 1. The van der Waals surface area contributed by atoms with E-state index in [-0.39, 0.29) is 17.3 Å². The minimum atomic E-state index is -4.08. The molecule has 7 nitrogen and oxygen atoms in total. The van der Waals surface area contributed by atoms with E-state index in [2.05, 4.69) is 5.32 Å². The first-order valence-corrected chi connectivity index (χ1v) is 15.1. The molecule has 0 aliphatic rings. The van der Waals surface area contributed by atoms with Gasteiger partial charge >= 0.3 is 0 Å². The van der Waals surface area contributed by atoms with Crippen molar-refractivity contribution in [3.05, 3.63) is 95.6 Å². The summed E-state index contributed by atoms with van der Waals surface area (Å²) in [5.74, 6) is -0.704. The monoisotopic (exact) mass is 563 g/mol. The average molecular weight is 564 g/mol. The molecule has 3 aromatic rings. The van der Waals surface area contributed by atoms with Crippen molar-refractivity contribution in [2.24, 2.45) is 0 Å². The number of benzene rings is 3. The summed E-state index contributed by atoms with van der Waals surface area (Å²) in [6.07, 6.45) is 0.915. The van der Waals surface area contributed by atoms with Gasteiger partial charge in [-0.3, -0.25) is 13.9 Å². The summed E-state index contributed by atoms with van der Waals surface area (Å²) in [4.78, 5) is 29.1. The fourth-order valence-corrected chi connectivity index (χ4v) is 5.91. The molecule has 0 unspecified atom stereocenters. The third-order valence-corrected chi connectivity index (χ3v) is 8.54. The predicted molar refractivity (Wildman–Crippen MR) is 161 cm³/mol. The van der Waals surface area contributed by atoms with Crippen molar-refractivity contribution < 1.29 is 18.0 Å². The van der Waals surface area contributed by atoms with E-state index in [1.54, 1.807) is 30.3 Å². The van der Waals surface area contributed by atoms with E-state index < -0.39 is 34.1 Å². The number of nitrogens with one attached hydrogen (secondary N) is 1. The molecule has 0 saturated heterocycles. The molecule has 8 heteroatoms. The highest BCUT2D eigenvalue weighted by Gasteiger charge is 2.34. The first kappa shape index (κ1) is 30.9. The first-order valence-electron chi connectivity index (χ1n) is 13.6. The van der Waals surface area contributed by atoms with Gasteiger partial charge in [-0.05, 0) is 88.4 Å². The molecule has 0 aliphatic carbocycles. The standard InChI is InChI=1S/C32H41N3O4S/c1-7-29(31(37)33-32(4,5)6)34(21-20-26-14-10-8-11-15-26)30(36)23-35(27-19-18-24(2)25(3)22-27)40(38,39)28-16-12-9-13-17-28/h8-19,22,29H,7,20-21,23H2,1-6H3,(H,33,37)/t29-/m0/s1. The molecule has 3 rings (SSSR count). The molecule has 0 fully saturated rings. The van der Waals surface area contributed by atoms with Crippen molar-refractivity contribution in [2.75, 3.05) is 17.4 Å². The molecule has 1 atom stereocenters. The Morgan fingerprint density at radius 2 is 1.48 bits per heavy atom. The van der Waals surface area contributed by atoms with Crippen molar-refractivity contribution in [1.82, 2.24) is 10.2 Å². The Bertz CT molecular complexity index is 1400. The molecule has 0 spiro atoms. The highest BCUT2D eigenvalue weighted by Crippen LogP contribution is 2.26. The Morgan fingerprint density at radius 3 is 2.02 bits per heavy atom. The summed E-state index contributed by atoms with van der Waals surface area (Å²) in [7, 11) is -4.08. The third kappa shape index (κ3) is 7.94. The SMILES string of the molecule is CC[C@@H](C(=O)NC(C)(C)C)N(CCc1ccccc1)C(=O)CN(c1ccc(C)c(C)c1)S(=O)(=O)c1ccccc1. The lowest BCUT2D eigenvalue weighted by Gasteiger charge is -2.35. The lowest BCUT2D eigenvalue weighted by molar-refractivity contribution is -0.140. The summed E-state index contributed by atoms with van der Waals surface area (Å²) >= 11 is 0. The Hall–Kier alpha value is -3.65. The van der Waals surface area contributed by atoms with Crippen molar-refractivity contribution in [1.29, 1.82) is 0 Å².